The van der Waals surface area contributed by atoms with Crippen molar-refractivity contribution in [3.05, 3.63) is 83.6 Å². The van der Waals surface area contributed by atoms with E-state index in [0.29, 0.717) is 11.3 Å². The summed E-state index contributed by atoms with van der Waals surface area (Å²) in [4.78, 5) is 26.7. The Labute approximate surface area is 228 Å². The number of pyridine rings is 2. The Balaban J connectivity index is 1.33. The summed E-state index contributed by atoms with van der Waals surface area (Å²) in [6.45, 7) is 9.59. The Morgan fingerprint density at radius 1 is 1.10 bits per heavy atom. The number of nitrogens with one attached hydrogen (secondary N) is 3. The molecule has 0 aliphatic carbocycles. The van der Waals surface area contributed by atoms with Crippen LogP contribution in [-0.2, 0) is 5.41 Å². The van der Waals surface area contributed by atoms with E-state index in [1.54, 1.807) is 24.4 Å². The molecule has 3 N–H and O–H groups in total. The number of carbonyl (C=O) groups excluding carboxylic acids is 1. The molecular formula is C29H33N9O. The van der Waals surface area contributed by atoms with Gasteiger partial charge in [0, 0.05) is 49.7 Å². The van der Waals surface area contributed by atoms with Crippen molar-refractivity contribution in [2.24, 2.45) is 0 Å². The molecule has 1 saturated heterocycles. The zero-order chi connectivity index (χ0) is 27.6. The second-order valence-electron chi connectivity index (χ2n) is 10.5. The Bertz CT molecular complexity index is 1450. The average Bonchev–Trinajstić information content (AvgIpc) is 3.45. The maximum Gasteiger partial charge on any atom is 0.255 e. The highest BCUT2D eigenvalue weighted by Crippen LogP contribution is 2.28. The minimum absolute atomic E-state index is 0.266. The summed E-state index contributed by atoms with van der Waals surface area (Å²) in [7, 11) is 2.14. The lowest BCUT2D eigenvalue weighted by Crippen LogP contribution is -2.44. The van der Waals surface area contributed by atoms with Crippen LogP contribution in [0.1, 0.15) is 41.0 Å². The third-order valence-electron chi connectivity index (χ3n) is 7.18. The number of nitriles is 1. The maximum atomic E-state index is 13.0. The largest absolute Gasteiger partial charge is 0.368 e. The number of carbonyl (C=O) groups is 1. The van der Waals surface area contributed by atoms with Crippen molar-refractivity contribution in [1.29, 1.82) is 5.26 Å². The smallest absolute Gasteiger partial charge is 0.255 e. The fourth-order valence-corrected chi connectivity index (χ4v) is 4.55. The van der Waals surface area contributed by atoms with Crippen LogP contribution in [0.5, 0.6) is 0 Å². The van der Waals surface area contributed by atoms with Crippen molar-refractivity contribution in [3.63, 3.8) is 0 Å². The van der Waals surface area contributed by atoms with E-state index < -0.39 is 5.41 Å². The summed E-state index contributed by atoms with van der Waals surface area (Å²) in [5.41, 5.74) is 12.1. The lowest BCUT2D eigenvalue weighted by molar-refractivity contribution is 0.102. The number of rotatable bonds is 6. The quantitative estimate of drug-likeness (QED) is 0.447. The Morgan fingerprint density at radius 2 is 1.90 bits per heavy atom. The standard InChI is InChI=1S/C29H33N9O/c1-20-27(14-24(16-32-20)33-28(39)21-6-5-7-23(12-21)29(2,3)19-30)38-18-26(34-35-38)22-13-25(17-31-15-22)37-10-8-36(4)9-11-37/h5-7,12-18,34-35H,8-11H2,1-4H3,(H,33,39). The molecule has 2 aliphatic heterocycles. The molecule has 1 fully saturated rings. The number of anilines is 3. The molecular weight excluding hydrogens is 490 g/mol. The molecule has 200 valence electrons. The van der Waals surface area contributed by atoms with Gasteiger partial charge in [0.25, 0.3) is 5.91 Å². The van der Waals surface area contributed by atoms with E-state index in [4.69, 9.17) is 0 Å². The molecule has 4 heterocycles. The fraction of sp³-hybridized carbons (Fsp3) is 0.310. The van der Waals surface area contributed by atoms with Crippen LogP contribution in [0.2, 0.25) is 0 Å². The Morgan fingerprint density at radius 3 is 2.67 bits per heavy atom. The van der Waals surface area contributed by atoms with Gasteiger partial charge in [-0.05, 0) is 57.6 Å². The number of likely N-dealkylation sites (N-methyl/N-ethyl adjacent to an activating group) is 1. The predicted octanol–water partition coefficient (Wildman–Crippen LogP) is 3.42. The minimum Gasteiger partial charge on any atom is -0.368 e. The van der Waals surface area contributed by atoms with E-state index >= 15 is 0 Å². The van der Waals surface area contributed by atoms with Gasteiger partial charge in [-0.25, -0.2) is 0 Å². The summed E-state index contributed by atoms with van der Waals surface area (Å²) in [5, 5.41) is 14.2. The maximum absolute atomic E-state index is 13.0. The molecule has 39 heavy (non-hydrogen) atoms. The van der Waals surface area contributed by atoms with Gasteiger partial charge in [-0.15, -0.1) is 5.53 Å². The number of aromatic nitrogens is 2. The number of amides is 1. The van der Waals surface area contributed by atoms with Gasteiger partial charge in [-0.1, -0.05) is 12.1 Å². The van der Waals surface area contributed by atoms with E-state index in [1.165, 1.54) is 0 Å². The molecule has 1 aromatic carbocycles. The van der Waals surface area contributed by atoms with E-state index in [-0.39, 0.29) is 5.91 Å². The zero-order valence-corrected chi connectivity index (χ0v) is 22.7. The molecule has 0 unspecified atom stereocenters. The van der Waals surface area contributed by atoms with Crippen LogP contribution in [0.4, 0.5) is 17.1 Å². The molecule has 0 radical (unpaired) electrons. The van der Waals surface area contributed by atoms with Gasteiger partial charge in [0.15, 0.2) is 0 Å². The fourth-order valence-electron chi connectivity index (χ4n) is 4.55. The first-order valence-electron chi connectivity index (χ1n) is 12.9. The molecule has 2 aliphatic rings. The number of nitrogens with zero attached hydrogens (tertiary/aromatic N) is 6. The van der Waals surface area contributed by atoms with Crippen molar-refractivity contribution in [3.8, 4) is 6.07 Å². The first kappa shape index (κ1) is 26.2. The third-order valence-corrected chi connectivity index (χ3v) is 7.18. The average molecular weight is 524 g/mol. The lowest BCUT2D eigenvalue weighted by Gasteiger charge is -2.33. The topological polar surface area (TPSA) is 112 Å². The highest BCUT2D eigenvalue weighted by Gasteiger charge is 2.22. The molecule has 1 amide bonds. The minimum atomic E-state index is -0.688. The number of benzene rings is 1. The van der Waals surface area contributed by atoms with Gasteiger partial charge >= 0.3 is 0 Å². The van der Waals surface area contributed by atoms with Crippen molar-refractivity contribution >= 4 is 28.7 Å². The summed E-state index contributed by atoms with van der Waals surface area (Å²) < 4.78 is 0. The van der Waals surface area contributed by atoms with Crippen LogP contribution in [0.3, 0.4) is 0 Å². The summed E-state index contributed by atoms with van der Waals surface area (Å²) in [6, 6.07) is 13.4. The second-order valence-corrected chi connectivity index (χ2v) is 10.5. The summed E-state index contributed by atoms with van der Waals surface area (Å²) in [5.74, 6) is -0.266. The highest BCUT2D eigenvalue weighted by atomic mass is 16.1. The van der Waals surface area contributed by atoms with Gasteiger partial charge in [0.1, 0.15) is 0 Å². The molecule has 0 spiro atoms. The predicted molar refractivity (Wildman–Crippen MR) is 153 cm³/mol. The number of hydrazine groups is 2. The number of hydrogen-bond acceptors (Lipinski definition) is 9. The van der Waals surface area contributed by atoms with Crippen molar-refractivity contribution in [1.82, 2.24) is 25.8 Å². The first-order chi connectivity index (χ1) is 18.7. The lowest BCUT2D eigenvalue weighted by atomic mass is 9.85. The van der Waals surface area contributed by atoms with E-state index in [0.717, 1.165) is 60.1 Å². The van der Waals surface area contributed by atoms with E-state index in [1.807, 2.05) is 56.5 Å². The second kappa shape index (κ2) is 10.7. The van der Waals surface area contributed by atoms with Crippen LogP contribution < -0.4 is 26.2 Å². The molecule has 0 bridgehead atoms. The zero-order valence-electron chi connectivity index (χ0n) is 22.7. The van der Waals surface area contributed by atoms with E-state index in [9.17, 15) is 10.1 Å². The SMILES string of the molecule is Cc1ncc(NC(=O)c2cccc(C(C)(C)C#N)c2)cc1N1C=C(c2cncc(N3CCN(C)CC3)c2)NN1. The molecule has 10 nitrogen and oxygen atoms in total. The van der Waals surface area contributed by atoms with Crippen LogP contribution >= 0.6 is 0 Å². The number of piperazine rings is 1. The van der Waals surface area contributed by atoms with Crippen LogP contribution in [0.15, 0.2) is 61.2 Å². The number of aryl methyl sites for hydroxylation is 1. The van der Waals surface area contributed by atoms with Crippen molar-refractivity contribution in [2.45, 2.75) is 26.2 Å². The summed E-state index contributed by atoms with van der Waals surface area (Å²) in [6.07, 6.45) is 7.34. The summed E-state index contributed by atoms with van der Waals surface area (Å²) >= 11 is 0. The van der Waals surface area contributed by atoms with Crippen LogP contribution in [-0.4, -0.2) is 54.0 Å². The highest BCUT2D eigenvalue weighted by molar-refractivity contribution is 6.04. The van der Waals surface area contributed by atoms with Gasteiger partial charge in [0.2, 0.25) is 0 Å². The van der Waals surface area contributed by atoms with Crippen LogP contribution in [0, 0.1) is 18.3 Å². The molecule has 3 aromatic rings. The molecule has 0 atom stereocenters. The Hall–Kier alpha value is -4.46. The van der Waals surface area contributed by atoms with Crippen molar-refractivity contribution in [2.75, 3.05) is 48.5 Å². The van der Waals surface area contributed by atoms with Crippen LogP contribution in [0.25, 0.3) is 5.70 Å². The van der Waals surface area contributed by atoms with Crippen molar-refractivity contribution < 1.29 is 4.79 Å². The molecule has 5 rings (SSSR count). The number of hydrogen-bond donors (Lipinski definition) is 3. The van der Waals surface area contributed by atoms with Gasteiger partial charge in [-0.3, -0.25) is 19.8 Å². The van der Waals surface area contributed by atoms with E-state index in [2.05, 4.69) is 55.2 Å². The normalized spacial score (nSPS) is 15.9. The monoisotopic (exact) mass is 523 g/mol. The molecule has 0 saturated carbocycles. The van der Waals surface area contributed by atoms with Gasteiger partial charge in [-0.2, -0.15) is 5.26 Å². The van der Waals surface area contributed by atoms with Gasteiger partial charge < -0.3 is 20.5 Å². The first-order valence-corrected chi connectivity index (χ1v) is 12.9. The molecule has 10 heteroatoms. The van der Waals surface area contributed by atoms with Gasteiger partial charge in [0.05, 0.1) is 52.3 Å². The molecule has 2 aromatic heterocycles. The Kier molecular flexibility index (Phi) is 7.19. The third kappa shape index (κ3) is 5.70.